The number of rotatable bonds is 6. The van der Waals surface area contributed by atoms with Crippen LogP contribution < -0.4 is 0 Å². The molecule has 0 radical (unpaired) electrons. The van der Waals surface area contributed by atoms with E-state index in [4.69, 9.17) is 4.79 Å². The van der Waals surface area contributed by atoms with Gasteiger partial charge < -0.3 is 4.79 Å². The van der Waals surface area contributed by atoms with Crippen LogP contribution in [0.5, 0.6) is 0 Å². The molecular weight excluding hydrogens is 282 g/mol. The van der Waals surface area contributed by atoms with Crippen LogP contribution in [-0.4, -0.2) is 31.3 Å². The van der Waals surface area contributed by atoms with Gasteiger partial charge in [-0.05, 0) is 70.3 Å². The summed E-state index contributed by atoms with van der Waals surface area (Å²) in [6.45, 7) is 11.6. The molecule has 2 heteroatoms. The Morgan fingerprint density at radius 1 is 0.957 bits per heavy atom. The number of hydrogen-bond acceptors (Lipinski definition) is 2. The van der Waals surface area contributed by atoms with E-state index in [0.29, 0.717) is 0 Å². The van der Waals surface area contributed by atoms with Crippen LogP contribution in [0.2, 0.25) is 0 Å². The van der Waals surface area contributed by atoms with Crippen molar-refractivity contribution in [3.63, 3.8) is 0 Å². The molecule has 0 aromatic rings. The van der Waals surface area contributed by atoms with Crippen LogP contribution in [0.3, 0.4) is 0 Å². The summed E-state index contributed by atoms with van der Waals surface area (Å²) in [5.74, 6) is 3.16. The van der Waals surface area contributed by atoms with Crippen LogP contribution >= 0.6 is 0 Å². The van der Waals surface area contributed by atoms with Gasteiger partial charge in [0.2, 0.25) is 0 Å². The van der Waals surface area contributed by atoms with Crippen molar-refractivity contribution in [3.8, 4) is 0 Å². The van der Waals surface area contributed by atoms with Gasteiger partial charge in [0.15, 0.2) is 0 Å². The van der Waals surface area contributed by atoms with E-state index in [1.807, 2.05) is 6.79 Å². The summed E-state index contributed by atoms with van der Waals surface area (Å²) in [5, 5.41) is 0. The van der Waals surface area contributed by atoms with Crippen molar-refractivity contribution in [2.45, 2.75) is 84.1 Å². The first-order chi connectivity index (χ1) is 11.1. The van der Waals surface area contributed by atoms with E-state index in [-0.39, 0.29) is 0 Å². The summed E-state index contributed by atoms with van der Waals surface area (Å²) >= 11 is 0. The number of nitrogens with zero attached hydrogens (tertiary/aromatic N) is 1. The fourth-order valence-electron chi connectivity index (χ4n) is 4.93. The zero-order valence-corrected chi connectivity index (χ0v) is 15.9. The highest BCUT2D eigenvalue weighted by Gasteiger charge is 2.31. The largest absolute Gasteiger partial charge is 0.307 e. The Kier molecular flexibility index (Phi) is 9.78. The molecule has 0 bridgehead atoms. The lowest BCUT2D eigenvalue weighted by molar-refractivity contribution is -0.0979. The first-order valence-electron chi connectivity index (χ1n) is 9.73. The molecule has 0 spiro atoms. The minimum atomic E-state index is 0.814. The average Bonchev–Trinajstić information content (AvgIpc) is 2.57. The fraction of sp³-hybridized carbons (Fsp3) is 0.857. The van der Waals surface area contributed by atoms with Gasteiger partial charge in [0.05, 0.1) is 0 Å². The van der Waals surface area contributed by atoms with Crippen LogP contribution in [0.25, 0.3) is 0 Å². The predicted octanol–water partition coefficient (Wildman–Crippen LogP) is 5.47. The van der Waals surface area contributed by atoms with Crippen LogP contribution in [0, 0.1) is 17.8 Å². The monoisotopic (exact) mass is 321 g/mol. The van der Waals surface area contributed by atoms with Crippen molar-refractivity contribution in [3.05, 3.63) is 12.2 Å². The second-order valence-electron chi connectivity index (χ2n) is 8.01. The smallest absolute Gasteiger partial charge is 0.106 e. The molecule has 23 heavy (non-hydrogen) atoms. The first-order valence-corrected chi connectivity index (χ1v) is 9.73. The van der Waals surface area contributed by atoms with Crippen molar-refractivity contribution < 1.29 is 4.79 Å². The van der Waals surface area contributed by atoms with Crippen molar-refractivity contribution >= 4 is 6.79 Å². The summed E-state index contributed by atoms with van der Waals surface area (Å²) < 4.78 is 0. The molecule has 0 heterocycles. The lowest BCUT2D eigenvalue weighted by atomic mass is 9.69. The zero-order valence-electron chi connectivity index (χ0n) is 15.9. The first kappa shape index (κ1) is 20.4. The van der Waals surface area contributed by atoms with Crippen LogP contribution in [0.4, 0.5) is 0 Å². The van der Waals surface area contributed by atoms with Gasteiger partial charge in [0, 0.05) is 12.6 Å². The standard InChI is InChI=1S/C20H37N.CH2O/c1-5-6-17-7-9-18(10-8-17)19-11-13-20(14-12-19)21(4)15-16(2)3;1-2/h17-20H,2,5-15H2,1,3-4H3;1H2. The van der Waals surface area contributed by atoms with E-state index in [2.05, 4.69) is 32.4 Å². The lowest BCUT2D eigenvalue weighted by Gasteiger charge is -2.40. The number of carbonyl (C=O) groups excluding carboxylic acids is 1. The number of carbonyl (C=O) groups is 1. The molecule has 0 saturated heterocycles. The van der Waals surface area contributed by atoms with Crippen LogP contribution in [0.1, 0.15) is 78.1 Å². The molecule has 0 unspecified atom stereocenters. The van der Waals surface area contributed by atoms with Gasteiger partial charge in [-0.3, -0.25) is 4.90 Å². The molecule has 134 valence electrons. The van der Waals surface area contributed by atoms with E-state index >= 15 is 0 Å². The molecule has 2 nitrogen and oxygen atoms in total. The van der Waals surface area contributed by atoms with Gasteiger partial charge in [-0.2, -0.15) is 0 Å². The van der Waals surface area contributed by atoms with E-state index in [0.717, 1.165) is 30.3 Å². The molecule has 2 saturated carbocycles. The zero-order chi connectivity index (χ0) is 17.2. The highest BCUT2D eigenvalue weighted by molar-refractivity contribution is 5.11. The van der Waals surface area contributed by atoms with E-state index in [1.54, 1.807) is 0 Å². The topological polar surface area (TPSA) is 20.3 Å². The van der Waals surface area contributed by atoms with Crippen molar-refractivity contribution in [2.75, 3.05) is 13.6 Å². The third-order valence-corrected chi connectivity index (χ3v) is 6.14. The SMILES string of the molecule is C=C(C)CN(C)C1CCC(C2CCC(CCC)CC2)CC1.C=O. The summed E-state index contributed by atoms with van der Waals surface area (Å²) in [4.78, 5) is 10.5. The molecule has 0 N–H and O–H groups in total. The summed E-state index contributed by atoms with van der Waals surface area (Å²) in [7, 11) is 2.29. The lowest BCUT2D eigenvalue weighted by Crippen LogP contribution is -2.37. The second-order valence-corrected chi connectivity index (χ2v) is 8.01. The van der Waals surface area contributed by atoms with Gasteiger partial charge in [-0.15, -0.1) is 0 Å². The Balaban J connectivity index is 0.00000127. The Morgan fingerprint density at radius 3 is 1.87 bits per heavy atom. The molecule has 0 atom stereocenters. The Bertz CT molecular complexity index is 325. The molecule has 2 rings (SSSR count). The average molecular weight is 322 g/mol. The summed E-state index contributed by atoms with van der Waals surface area (Å²) in [6, 6.07) is 0.814. The van der Waals surface area contributed by atoms with E-state index in [9.17, 15) is 0 Å². The van der Waals surface area contributed by atoms with Gasteiger partial charge in [-0.25, -0.2) is 0 Å². The maximum Gasteiger partial charge on any atom is 0.106 e. The molecular formula is C21H39NO. The Labute approximate surface area is 144 Å². The third-order valence-electron chi connectivity index (χ3n) is 6.14. The minimum Gasteiger partial charge on any atom is -0.307 e. The quantitative estimate of drug-likeness (QED) is 0.604. The molecule has 2 fully saturated rings. The molecule has 0 amide bonds. The molecule has 2 aliphatic rings. The van der Waals surface area contributed by atoms with E-state index < -0.39 is 0 Å². The predicted molar refractivity (Wildman–Crippen MR) is 101 cm³/mol. The third kappa shape index (κ3) is 6.79. The fourth-order valence-corrected chi connectivity index (χ4v) is 4.93. The Hall–Kier alpha value is -0.630. The number of hydrogen-bond donors (Lipinski definition) is 0. The highest BCUT2D eigenvalue weighted by atomic mass is 16.1. The van der Waals surface area contributed by atoms with Crippen LogP contribution in [0.15, 0.2) is 12.2 Å². The molecule has 2 aliphatic carbocycles. The molecule has 0 aromatic carbocycles. The van der Waals surface area contributed by atoms with E-state index in [1.165, 1.54) is 69.8 Å². The maximum atomic E-state index is 8.00. The van der Waals surface area contributed by atoms with Gasteiger partial charge >= 0.3 is 0 Å². The van der Waals surface area contributed by atoms with Gasteiger partial charge in [-0.1, -0.05) is 44.8 Å². The summed E-state index contributed by atoms with van der Waals surface area (Å²) in [5.41, 5.74) is 1.30. The molecule has 0 aliphatic heterocycles. The van der Waals surface area contributed by atoms with Crippen LogP contribution in [-0.2, 0) is 4.79 Å². The normalized spacial score (nSPS) is 31.3. The second kappa shape index (κ2) is 11.0. The van der Waals surface area contributed by atoms with Crippen molar-refractivity contribution in [1.29, 1.82) is 0 Å². The number of likely N-dealkylation sites (N-methyl/N-ethyl adjacent to an activating group) is 1. The maximum absolute atomic E-state index is 8.00. The van der Waals surface area contributed by atoms with Crippen molar-refractivity contribution in [2.24, 2.45) is 17.8 Å². The van der Waals surface area contributed by atoms with Gasteiger partial charge in [0.25, 0.3) is 0 Å². The summed E-state index contributed by atoms with van der Waals surface area (Å²) in [6.07, 6.45) is 14.8. The van der Waals surface area contributed by atoms with Crippen molar-refractivity contribution in [1.82, 2.24) is 4.90 Å². The molecule has 0 aromatic heterocycles. The minimum absolute atomic E-state index is 0.814. The van der Waals surface area contributed by atoms with Gasteiger partial charge in [0.1, 0.15) is 6.79 Å². The Morgan fingerprint density at radius 2 is 1.43 bits per heavy atom. The highest BCUT2D eigenvalue weighted by Crippen LogP contribution is 2.41.